The number of imidazole rings is 1. The molecule has 1 atom stereocenters. The zero-order valence-electron chi connectivity index (χ0n) is 16.0. The van der Waals surface area contributed by atoms with E-state index in [9.17, 15) is 9.18 Å². The van der Waals surface area contributed by atoms with E-state index in [4.69, 9.17) is 11.6 Å². The molecule has 1 aromatic carbocycles. The monoisotopic (exact) mass is 436 g/mol. The van der Waals surface area contributed by atoms with Gasteiger partial charge in [-0.25, -0.2) is 24.3 Å². The van der Waals surface area contributed by atoms with Crippen molar-refractivity contribution < 1.29 is 4.39 Å². The number of nitrogens with one attached hydrogen (secondary N) is 2. The molecule has 9 nitrogen and oxygen atoms in total. The number of rotatable bonds is 4. The van der Waals surface area contributed by atoms with Gasteiger partial charge in [-0.05, 0) is 25.1 Å². The lowest BCUT2D eigenvalue weighted by Gasteiger charge is -2.20. The number of benzene rings is 1. The zero-order valence-corrected chi connectivity index (χ0v) is 16.8. The molecule has 154 valence electrons. The summed E-state index contributed by atoms with van der Waals surface area (Å²) in [6.07, 6.45) is 5.47. The van der Waals surface area contributed by atoms with Crippen LogP contribution in [-0.2, 0) is 0 Å². The first-order valence-electron chi connectivity index (χ1n) is 9.26. The standard InChI is InChI=1S/C20H14ClFN8O/c1-10(28-18-16-17(25-8-24-16)26-9-27-18)19-29-13-4-2-3-11(21)15(13)20(31)30(19)14-7-23-6-5-12(14)22/h2-10H,1H3,(H2,24,25,26,27,28). The van der Waals surface area contributed by atoms with Crippen LogP contribution in [0.15, 0.2) is 54.1 Å². The topological polar surface area (TPSA) is 114 Å². The number of pyridine rings is 1. The van der Waals surface area contributed by atoms with Gasteiger partial charge in [0, 0.05) is 6.20 Å². The van der Waals surface area contributed by atoms with Gasteiger partial charge in [-0.1, -0.05) is 17.7 Å². The molecule has 5 aromatic rings. The number of nitrogens with zero attached hydrogens (tertiary/aromatic N) is 6. The van der Waals surface area contributed by atoms with E-state index in [1.807, 2.05) is 0 Å². The van der Waals surface area contributed by atoms with Gasteiger partial charge in [-0.15, -0.1) is 0 Å². The second kappa shape index (κ2) is 7.40. The summed E-state index contributed by atoms with van der Waals surface area (Å²) >= 11 is 6.27. The van der Waals surface area contributed by atoms with Crippen LogP contribution in [0, 0.1) is 5.82 Å². The third-order valence-electron chi connectivity index (χ3n) is 4.82. The van der Waals surface area contributed by atoms with E-state index in [-0.39, 0.29) is 21.9 Å². The highest BCUT2D eigenvalue weighted by molar-refractivity contribution is 6.35. The Kier molecular flexibility index (Phi) is 4.55. The Balaban J connectivity index is 1.74. The van der Waals surface area contributed by atoms with E-state index in [1.54, 1.807) is 25.1 Å². The Morgan fingerprint density at radius 1 is 1.23 bits per heavy atom. The van der Waals surface area contributed by atoms with Crippen LogP contribution in [-0.4, -0.2) is 34.5 Å². The van der Waals surface area contributed by atoms with E-state index >= 15 is 0 Å². The maximum Gasteiger partial charge on any atom is 0.267 e. The largest absolute Gasteiger partial charge is 0.358 e. The van der Waals surface area contributed by atoms with Crippen molar-refractivity contribution in [3.05, 3.63) is 76.3 Å². The van der Waals surface area contributed by atoms with Gasteiger partial charge >= 0.3 is 0 Å². The predicted octanol–water partition coefficient (Wildman–Crippen LogP) is 3.41. The summed E-state index contributed by atoms with van der Waals surface area (Å²) in [6, 6.07) is 5.59. The van der Waals surface area contributed by atoms with E-state index in [2.05, 4.69) is 35.2 Å². The molecule has 5 rings (SSSR count). The molecule has 0 aliphatic rings. The number of anilines is 1. The van der Waals surface area contributed by atoms with Crippen LogP contribution < -0.4 is 10.9 Å². The molecular weight excluding hydrogens is 423 g/mol. The molecule has 0 saturated heterocycles. The molecule has 11 heteroatoms. The minimum atomic E-state index is -0.615. The first kappa shape index (κ1) is 19.1. The van der Waals surface area contributed by atoms with Crippen molar-refractivity contribution in [2.24, 2.45) is 0 Å². The van der Waals surface area contributed by atoms with Crippen LogP contribution in [0.2, 0.25) is 5.02 Å². The van der Waals surface area contributed by atoms with Crippen molar-refractivity contribution in [2.45, 2.75) is 13.0 Å². The van der Waals surface area contributed by atoms with Gasteiger partial charge in [-0.3, -0.25) is 14.3 Å². The van der Waals surface area contributed by atoms with Gasteiger partial charge in [0.1, 0.15) is 29.2 Å². The lowest BCUT2D eigenvalue weighted by molar-refractivity contribution is 0.604. The number of H-pyrrole nitrogens is 1. The number of halogens is 2. The number of aromatic nitrogens is 7. The minimum absolute atomic E-state index is 0.0296. The van der Waals surface area contributed by atoms with E-state index in [0.717, 1.165) is 0 Å². The Morgan fingerprint density at radius 2 is 2.10 bits per heavy atom. The highest BCUT2D eigenvalue weighted by Crippen LogP contribution is 2.26. The van der Waals surface area contributed by atoms with Crippen molar-refractivity contribution >= 4 is 39.5 Å². The molecule has 4 heterocycles. The predicted molar refractivity (Wildman–Crippen MR) is 114 cm³/mol. The van der Waals surface area contributed by atoms with Crippen LogP contribution in [0.4, 0.5) is 10.2 Å². The van der Waals surface area contributed by atoms with Crippen molar-refractivity contribution in [1.82, 2.24) is 34.5 Å². The molecule has 0 spiro atoms. The van der Waals surface area contributed by atoms with Crippen molar-refractivity contribution in [1.29, 1.82) is 0 Å². The van der Waals surface area contributed by atoms with Crippen LogP contribution in [0.3, 0.4) is 0 Å². The Labute approximate surface area is 179 Å². The first-order chi connectivity index (χ1) is 15.0. The van der Waals surface area contributed by atoms with Gasteiger partial charge in [0.05, 0.1) is 34.5 Å². The van der Waals surface area contributed by atoms with Gasteiger partial charge in [0.25, 0.3) is 5.56 Å². The Bertz CT molecular complexity index is 1500. The third-order valence-corrected chi connectivity index (χ3v) is 5.13. The second-order valence-corrected chi connectivity index (χ2v) is 7.17. The lowest BCUT2D eigenvalue weighted by atomic mass is 10.2. The fourth-order valence-electron chi connectivity index (χ4n) is 3.40. The van der Waals surface area contributed by atoms with Gasteiger partial charge in [-0.2, -0.15) is 0 Å². The summed E-state index contributed by atoms with van der Waals surface area (Å²) in [5.74, 6) is 0.0850. The first-order valence-corrected chi connectivity index (χ1v) is 9.64. The number of fused-ring (bicyclic) bond motifs is 2. The summed E-state index contributed by atoms with van der Waals surface area (Å²) in [5, 5.41) is 3.62. The SMILES string of the molecule is CC(Nc1ncnc2[nH]cnc12)c1nc2cccc(Cl)c2c(=O)n1-c1cnccc1F. The molecule has 0 bridgehead atoms. The summed E-state index contributed by atoms with van der Waals surface area (Å²) in [5.41, 5.74) is 0.949. The van der Waals surface area contributed by atoms with Gasteiger partial charge in [0.2, 0.25) is 0 Å². The fraction of sp³-hybridized carbons (Fsp3) is 0.100. The minimum Gasteiger partial charge on any atom is -0.358 e. The zero-order chi connectivity index (χ0) is 21.5. The van der Waals surface area contributed by atoms with Crippen LogP contribution in [0.1, 0.15) is 18.8 Å². The van der Waals surface area contributed by atoms with E-state index in [1.165, 1.54) is 35.7 Å². The summed E-state index contributed by atoms with van der Waals surface area (Å²) in [7, 11) is 0. The molecule has 0 saturated carbocycles. The highest BCUT2D eigenvalue weighted by atomic mass is 35.5. The van der Waals surface area contributed by atoms with Crippen LogP contribution in [0.25, 0.3) is 27.8 Å². The normalized spacial score (nSPS) is 12.4. The van der Waals surface area contributed by atoms with E-state index < -0.39 is 17.4 Å². The molecule has 0 radical (unpaired) electrons. The molecule has 0 aliphatic carbocycles. The Hall–Kier alpha value is -3.92. The van der Waals surface area contributed by atoms with Crippen LogP contribution in [0.5, 0.6) is 0 Å². The quantitative estimate of drug-likeness (QED) is 0.443. The average molecular weight is 437 g/mol. The van der Waals surface area contributed by atoms with Crippen LogP contribution >= 0.6 is 11.6 Å². The smallest absolute Gasteiger partial charge is 0.267 e. The maximum atomic E-state index is 14.7. The van der Waals surface area contributed by atoms with E-state index in [0.29, 0.717) is 22.5 Å². The summed E-state index contributed by atoms with van der Waals surface area (Å²) in [4.78, 5) is 37.5. The number of hydrogen-bond acceptors (Lipinski definition) is 7. The Morgan fingerprint density at radius 3 is 2.94 bits per heavy atom. The van der Waals surface area contributed by atoms with Crippen molar-refractivity contribution in [3.63, 3.8) is 0 Å². The second-order valence-electron chi connectivity index (χ2n) is 6.76. The maximum absolute atomic E-state index is 14.7. The van der Waals surface area contributed by atoms with Gasteiger partial charge in [0.15, 0.2) is 11.5 Å². The third kappa shape index (κ3) is 3.17. The van der Waals surface area contributed by atoms with Crippen molar-refractivity contribution in [3.8, 4) is 5.69 Å². The molecule has 1 unspecified atom stereocenters. The summed E-state index contributed by atoms with van der Waals surface area (Å²) in [6.45, 7) is 1.78. The lowest BCUT2D eigenvalue weighted by Crippen LogP contribution is -2.28. The highest BCUT2D eigenvalue weighted by Gasteiger charge is 2.22. The summed E-state index contributed by atoms with van der Waals surface area (Å²) < 4.78 is 15.9. The number of aromatic amines is 1. The molecule has 2 N–H and O–H groups in total. The number of hydrogen-bond donors (Lipinski definition) is 2. The van der Waals surface area contributed by atoms with Crippen molar-refractivity contribution in [2.75, 3.05) is 5.32 Å². The van der Waals surface area contributed by atoms with Gasteiger partial charge < -0.3 is 10.3 Å². The molecule has 0 amide bonds. The molecule has 31 heavy (non-hydrogen) atoms. The molecule has 0 aliphatic heterocycles. The fourth-order valence-corrected chi connectivity index (χ4v) is 3.65. The molecular formula is C20H14ClFN8O. The molecule has 4 aromatic heterocycles. The average Bonchev–Trinajstić information content (AvgIpc) is 3.24. The molecule has 0 fully saturated rings.